The van der Waals surface area contributed by atoms with Crippen LogP contribution in [0.3, 0.4) is 0 Å². The lowest BCUT2D eigenvalue weighted by Crippen LogP contribution is -2.48. The molecule has 0 saturated heterocycles. The minimum Gasteiger partial charge on any atom is -0.313 e. The SMILES string of the molecule is CC(N)(c1c[nH]nn1)C(F)(F)F. The molecule has 0 saturated carbocycles. The summed E-state index contributed by atoms with van der Waals surface area (Å²) < 4.78 is 36.6. The third kappa shape index (κ3) is 1.27. The van der Waals surface area contributed by atoms with E-state index >= 15 is 0 Å². The van der Waals surface area contributed by atoms with Crippen LogP contribution in [0, 0.1) is 0 Å². The molecule has 0 aliphatic carbocycles. The number of H-pyrrole nitrogens is 1. The quantitative estimate of drug-likeness (QED) is 0.662. The molecule has 0 aliphatic rings. The summed E-state index contributed by atoms with van der Waals surface area (Å²) in [5.41, 5.74) is 2.24. The van der Waals surface area contributed by atoms with Crippen molar-refractivity contribution >= 4 is 0 Å². The van der Waals surface area contributed by atoms with Gasteiger partial charge in [0.2, 0.25) is 0 Å². The molecule has 0 spiro atoms. The largest absolute Gasteiger partial charge is 0.411 e. The van der Waals surface area contributed by atoms with Gasteiger partial charge in [0.15, 0.2) is 5.54 Å². The predicted molar refractivity (Wildman–Crippen MR) is 34.0 cm³/mol. The van der Waals surface area contributed by atoms with Crippen LogP contribution >= 0.6 is 0 Å². The molecule has 0 aromatic carbocycles. The van der Waals surface area contributed by atoms with Gasteiger partial charge in [0.1, 0.15) is 5.69 Å². The first-order valence-electron chi connectivity index (χ1n) is 3.08. The van der Waals surface area contributed by atoms with Gasteiger partial charge in [0, 0.05) is 6.20 Å². The van der Waals surface area contributed by atoms with Crippen molar-refractivity contribution in [3.8, 4) is 0 Å². The fourth-order valence-electron chi connectivity index (χ4n) is 0.601. The Bertz CT molecular complexity index is 250. The Morgan fingerprint density at radius 2 is 2.08 bits per heavy atom. The molecule has 1 heterocycles. The molecular weight excluding hydrogens is 173 g/mol. The maximum atomic E-state index is 12.2. The fourth-order valence-corrected chi connectivity index (χ4v) is 0.601. The van der Waals surface area contributed by atoms with E-state index in [4.69, 9.17) is 5.73 Å². The van der Waals surface area contributed by atoms with Gasteiger partial charge in [-0.05, 0) is 6.92 Å². The van der Waals surface area contributed by atoms with Gasteiger partial charge >= 0.3 is 6.18 Å². The highest BCUT2D eigenvalue weighted by Crippen LogP contribution is 2.34. The smallest absolute Gasteiger partial charge is 0.313 e. The number of nitrogens with one attached hydrogen (secondary N) is 1. The molecule has 1 atom stereocenters. The molecule has 0 bridgehead atoms. The first-order valence-corrected chi connectivity index (χ1v) is 3.08. The van der Waals surface area contributed by atoms with Crippen molar-refractivity contribution in [3.63, 3.8) is 0 Å². The summed E-state index contributed by atoms with van der Waals surface area (Å²) in [7, 11) is 0. The molecule has 0 aliphatic heterocycles. The maximum Gasteiger partial charge on any atom is 0.411 e. The Balaban J connectivity index is 3.02. The molecule has 0 fully saturated rings. The van der Waals surface area contributed by atoms with Crippen molar-refractivity contribution in [3.05, 3.63) is 11.9 Å². The number of aromatic amines is 1. The van der Waals surface area contributed by atoms with Crippen LogP contribution in [0.2, 0.25) is 0 Å². The van der Waals surface area contributed by atoms with Crippen LogP contribution in [0.4, 0.5) is 13.2 Å². The second kappa shape index (κ2) is 2.44. The number of alkyl halides is 3. The molecule has 1 rings (SSSR count). The van der Waals surface area contributed by atoms with Crippen molar-refractivity contribution in [2.75, 3.05) is 0 Å². The third-order valence-electron chi connectivity index (χ3n) is 1.54. The summed E-state index contributed by atoms with van der Waals surface area (Å²) in [4.78, 5) is 0. The van der Waals surface area contributed by atoms with Crippen LogP contribution in [0.25, 0.3) is 0 Å². The molecule has 1 unspecified atom stereocenters. The van der Waals surface area contributed by atoms with Gasteiger partial charge < -0.3 is 5.73 Å². The Kier molecular flexibility index (Phi) is 1.83. The van der Waals surface area contributed by atoms with E-state index in [0.717, 1.165) is 13.1 Å². The molecule has 4 nitrogen and oxygen atoms in total. The molecule has 1 aromatic rings. The molecule has 68 valence electrons. The van der Waals surface area contributed by atoms with Crippen molar-refractivity contribution in [2.24, 2.45) is 5.73 Å². The number of rotatable bonds is 1. The average molecular weight is 180 g/mol. The molecule has 7 heteroatoms. The minimum absolute atomic E-state index is 0.324. The van der Waals surface area contributed by atoms with Crippen LogP contribution in [0.5, 0.6) is 0 Å². The van der Waals surface area contributed by atoms with E-state index in [1.54, 1.807) is 0 Å². The summed E-state index contributed by atoms with van der Waals surface area (Å²) in [6.45, 7) is 0.838. The van der Waals surface area contributed by atoms with Crippen LogP contribution in [-0.4, -0.2) is 21.6 Å². The van der Waals surface area contributed by atoms with E-state index in [-0.39, 0.29) is 5.69 Å². The first-order chi connectivity index (χ1) is 5.36. The molecule has 1 aromatic heterocycles. The van der Waals surface area contributed by atoms with Crippen LogP contribution in [0.15, 0.2) is 6.20 Å². The standard InChI is InChI=1S/C5H7F3N4/c1-4(9,5(6,7)8)3-2-10-12-11-3/h2H,9H2,1H3,(H,10,11,12). The van der Waals surface area contributed by atoms with Crippen molar-refractivity contribution in [2.45, 2.75) is 18.6 Å². The number of nitrogens with zero attached hydrogens (tertiary/aromatic N) is 2. The molecule has 12 heavy (non-hydrogen) atoms. The topological polar surface area (TPSA) is 67.6 Å². The van der Waals surface area contributed by atoms with Crippen molar-refractivity contribution < 1.29 is 13.2 Å². The number of nitrogens with two attached hydrogens (primary N) is 1. The van der Waals surface area contributed by atoms with Gasteiger partial charge in [-0.1, -0.05) is 5.21 Å². The Morgan fingerprint density at radius 3 is 2.42 bits per heavy atom. The summed E-state index contributed by atoms with van der Waals surface area (Å²) in [5.74, 6) is 0. The minimum atomic E-state index is -4.52. The van der Waals surface area contributed by atoms with Gasteiger partial charge in [-0.3, -0.25) is 5.10 Å². The number of hydrogen-bond acceptors (Lipinski definition) is 3. The normalized spacial score (nSPS) is 17.4. The van der Waals surface area contributed by atoms with Crippen LogP contribution < -0.4 is 5.73 Å². The Morgan fingerprint density at radius 1 is 1.50 bits per heavy atom. The lowest BCUT2D eigenvalue weighted by Gasteiger charge is -2.24. The van der Waals surface area contributed by atoms with E-state index < -0.39 is 11.7 Å². The highest BCUT2D eigenvalue weighted by atomic mass is 19.4. The maximum absolute atomic E-state index is 12.2. The molecular formula is C5H7F3N4. The van der Waals surface area contributed by atoms with Gasteiger partial charge in [-0.2, -0.15) is 13.2 Å². The van der Waals surface area contributed by atoms with Gasteiger partial charge in [0.25, 0.3) is 0 Å². The summed E-state index contributed by atoms with van der Waals surface area (Å²) in [6, 6.07) is 0. The molecule has 0 amide bonds. The van der Waals surface area contributed by atoms with E-state index in [0.29, 0.717) is 0 Å². The third-order valence-corrected chi connectivity index (χ3v) is 1.54. The molecule has 3 N–H and O–H groups in total. The fraction of sp³-hybridized carbons (Fsp3) is 0.600. The summed E-state index contributed by atoms with van der Waals surface area (Å²) in [5, 5.41) is 8.52. The van der Waals surface area contributed by atoms with E-state index in [9.17, 15) is 13.2 Å². The van der Waals surface area contributed by atoms with Crippen molar-refractivity contribution in [1.82, 2.24) is 15.4 Å². The van der Waals surface area contributed by atoms with Crippen LogP contribution in [0.1, 0.15) is 12.6 Å². The number of hydrogen-bond donors (Lipinski definition) is 2. The van der Waals surface area contributed by atoms with E-state index in [1.165, 1.54) is 0 Å². The highest BCUT2D eigenvalue weighted by Gasteiger charge is 2.51. The second-order valence-corrected chi connectivity index (χ2v) is 2.56. The lowest BCUT2D eigenvalue weighted by atomic mass is 10.00. The zero-order chi connectivity index (χ0) is 9.41. The van der Waals surface area contributed by atoms with Gasteiger partial charge in [0.05, 0.1) is 0 Å². The first kappa shape index (κ1) is 8.98. The average Bonchev–Trinajstić information content (AvgIpc) is 2.34. The zero-order valence-corrected chi connectivity index (χ0v) is 6.18. The number of halogens is 3. The van der Waals surface area contributed by atoms with Crippen LogP contribution in [-0.2, 0) is 5.54 Å². The number of aromatic nitrogens is 3. The van der Waals surface area contributed by atoms with Crippen molar-refractivity contribution in [1.29, 1.82) is 0 Å². The van der Waals surface area contributed by atoms with E-state index in [1.807, 2.05) is 0 Å². The van der Waals surface area contributed by atoms with E-state index in [2.05, 4.69) is 15.4 Å². The van der Waals surface area contributed by atoms with Gasteiger partial charge in [-0.25, -0.2) is 0 Å². The monoisotopic (exact) mass is 180 g/mol. The molecule has 0 radical (unpaired) electrons. The summed E-state index contributed by atoms with van der Waals surface area (Å²) >= 11 is 0. The Hall–Kier alpha value is -1.11. The van der Waals surface area contributed by atoms with Gasteiger partial charge in [-0.15, -0.1) is 5.10 Å². The predicted octanol–water partition coefficient (Wildman–Crippen LogP) is 0.541. The zero-order valence-electron chi connectivity index (χ0n) is 6.18. The summed E-state index contributed by atoms with van der Waals surface area (Å²) in [6.07, 6.45) is -3.50. The second-order valence-electron chi connectivity index (χ2n) is 2.56. The Labute approximate surface area is 65.9 Å². The highest BCUT2D eigenvalue weighted by molar-refractivity contribution is 5.10. The lowest BCUT2D eigenvalue weighted by molar-refractivity contribution is -0.185.